The van der Waals surface area contributed by atoms with E-state index in [-0.39, 0.29) is 29.7 Å². The van der Waals surface area contributed by atoms with Crippen LogP contribution >= 0.6 is 0 Å². The molecule has 0 radical (unpaired) electrons. The number of carbonyl (C=O) groups excluding carboxylic acids is 3. The standard InChI is InChI=1S/C31H31N3O7/c1-29-13-18-16(8-5-15-6-10-17(32)11-7-15)9-12-19(35)20(18)23(36)22(29)27(39)31(41)26(38)21(28(33)40)24(37)25(34(3)4)30(31,2)14-29/h6-7,9-12,25,35-36,38,41H,13-14,32H2,1-4H3,(H2,33,40)/t25-,29+,30+,31-/m1/s1. The number of aromatic hydroxyl groups is 1. The van der Waals surface area contributed by atoms with Gasteiger partial charge in [-0.25, -0.2) is 0 Å². The summed E-state index contributed by atoms with van der Waals surface area (Å²) in [6.45, 7) is 3.22. The van der Waals surface area contributed by atoms with E-state index in [9.17, 15) is 34.8 Å². The molecule has 10 nitrogen and oxygen atoms in total. The molecule has 10 heteroatoms. The summed E-state index contributed by atoms with van der Waals surface area (Å²) in [6, 6.07) is 8.70. The number of likely N-dealkylation sites (N-methyl/N-ethyl adjacent to an activating group) is 1. The number of nitrogens with zero attached hydrogens (tertiary/aromatic N) is 1. The minimum Gasteiger partial charge on any atom is -0.508 e. The third-order valence-corrected chi connectivity index (χ3v) is 8.77. The van der Waals surface area contributed by atoms with E-state index in [0.717, 1.165) is 0 Å². The Morgan fingerprint density at radius 3 is 2.24 bits per heavy atom. The van der Waals surface area contributed by atoms with E-state index in [1.807, 2.05) is 0 Å². The first-order valence-corrected chi connectivity index (χ1v) is 13.0. The van der Waals surface area contributed by atoms with Crippen molar-refractivity contribution in [3.63, 3.8) is 0 Å². The third kappa shape index (κ3) is 3.70. The average Bonchev–Trinajstić information content (AvgIpc) is 2.86. The molecule has 8 N–H and O–H groups in total. The van der Waals surface area contributed by atoms with Crippen molar-refractivity contribution in [2.24, 2.45) is 16.6 Å². The van der Waals surface area contributed by atoms with Crippen LogP contribution in [0.3, 0.4) is 0 Å². The fraction of sp³-hybridized carbons (Fsp3) is 0.323. The molecule has 0 heterocycles. The van der Waals surface area contributed by atoms with Crippen LogP contribution in [0.25, 0.3) is 5.76 Å². The summed E-state index contributed by atoms with van der Waals surface area (Å²) in [4.78, 5) is 41.5. The van der Waals surface area contributed by atoms with Gasteiger partial charge in [-0.1, -0.05) is 25.7 Å². The number of anilines is 1. The SMILES string of the molecule is CN(C)[C@@H]1C(=O)C(C(N)=O)=C(O)[C@@]2(O)C(=O)C3=C(O)c4c(O)ccc(C#Cc5ccc(N)cc5)c4C[C@@]3(C)C[C@@]12C. The van der Waals surface area contributed by atoms with Crippen molar-refractivity contribution in [1.82, 2.24) is 4.90 Å². The molecule has 0 aromatic heterocycles. The number of phenolic OH excluding ortho intramolecular Hbond substituents is 1. The number of nitrogen functional groups attached to an aromatic ring is 1. The van der Waals surface area contributed by atoms with Gasteiger partial charge in [-0.15, -0.1) is 0 Å². The summed E-state index contributed by atoms with van der Waals surface area (Å²) >= 11 is 0. The average molecular weight is 558 g/mol. The Kier molecular flexibility index (Phi) is 6.11. The van der Waals surface area contributed by atoms with E-state index >= 15 is 0 Å². The van der Waals surface area contributed by atoms with Gasteiger partial charge in [0.1, 0.15) is 22.8 Å². The Balaban J connectivity index is 1.76. The maximum atomic E-state index is 14.3. The quantitative estimate of drug-likeness (QED) is 0.182. The van der Waals surface area contributed by atoms with Crippen LogP contribution in [0.15, 0.2) is 53.3 Å². The minimum atomic E-state index is -2.76. The van der Waals surface area contributed by atoms with Gasteiger partial charge in [0, 0.05) is 33.2 Å². The second-order valence-corrected chi connectivity index (χ2v) is 11.8. The van der Waals surface area contributed by atoms with Crippen LogP contribution in [-0.4, -0.2) is 68.5 Å². The van der Waals surface area contributed by atoms with Gasteiger partial charge in [0.25, 0.3) is 5.91 Å². The van der Waals surface area contributed by atoms with E-state index in [1.54, 1.807) is 51.4 Å². The first-order valence-electron chi connectivity index (χ1n) is 13.0. The lowest BCUT2D eigenvalue weighted by Gasteiger charge is -2.59. The van der Waals surface area contributed by atoms with Gasteiger partial charge in [-0.2, -0.15) is 0 Å². The van der Waals surface area contributed by atoms with E-state index in [0.29, 0.717) is 22.4 Å². The summed E-state index contributed by atoms with van der Waals surface area (Å²) in [5, 5.41) is 45.5. The molecule has 3 aliphatic rings. The summed E-state index contributed by atoms with van der Waals surface area (Å²) in [7, 11) is 3.12. The lowest BCUT2D eigenvalue weighted by Crippen LogP contribution is -2.72. The third-order valence-electron chi connectivity index (χ3n) is 8.77. The molecule has 0 unspecified atom stereocenters. The number of carbonyl (C=O) groups is 3. The van der Waals surface area contributed by atoms with Gasteiger partial charge in [-0.3, -0.25) is 19.3 Å². The van der Waals surface area contributed by atoms with Crippen LogP contribution < -0.4 is 11.5 Å². The predicted molar refractivity (Wildman–Crippen MR) is 150 cm³/mol. The molecule has 2 aromatic carbocycles. The van der Waals surface area contributed by atoms with E-state index in [4.69, 9.17) is 11.5 Å². The van der Waals surface area contributed by atoms with Crippen LogP contribution in [0, 0.1) is 22.7 Å². The van der Waals surface area contributed by atoms with Crippen molar-refractivity contribution >= 4 is 28.9 Å². The first kappa shape index (κ1) is 28.0. The van der Waals surface area contributed by atoms with Crippen molar-refractivity contribution in [2.45, 2.75) is 38.3 Å². The van der Waals surface area contributed by atoms with Crippen molar-refractivity contribution < 1.29 is 34.8 Å². The van der Waals surface area contributed by atoms with Crippen LogP contribution in [0.2, 0.25) is 0 Å². The van der Waals surface area contributed by atoms with Gasteiger partial charge in [0.05, 0.1) is 11.6 Å². The van der Waals surface area contributed by atoms with Crippen molar-refractivity contribution in [1.29, 1.82) is 0 Å². The molecular formula is C31H31N3O7. The monoisotopic (exact) mass is 557 g/mol. The summed E-state index contributed by atoms with van der Waals surface area (Å²) in [5.41, 5.74) is 6.76. The zero-order chi connectivity index (χ0) is 30.2. The number of nitrogens with two attached hydrogens (primary N) is 2. The minimum absolute atomic E-state index is 0.0169. The van der Waals surface area contributed by atoms with E-state index in [1.165, 1.54) is 17.9 Å². The smallest absolute Gasteiger partial charge is 0.255 e. The molecule has 1 fully saturated rings. The number of phenols is 1. The van der Waals surface area contributed by atoms with E-state index < -0.39 is 57.0 Å². The van der Waals surface area contributed by atoms with Crippen molar-refractivity contribution in [3.05, 3.63) is 75.6 Å². The van der Waals surface area contributed by atoms with Gasteiger partial charge in [0.2, 0.25) is 5.78 Å². The predicted octanol–water partition coefficient (Wildman–Crippen LogP) is 1.73. The normalized spacial score (nSPS) is 29.0. The topological polar surface area (TPSA) is 187 Å². The molecule has 0 aliphatic heterocycles. The highest BCUT2D eigenvalue weighted by molar-refractivity contribution is 6.25. The number of primary amides is 1. The maximum Gasteiger partial charge on any atom is 0.255 e. The zero-order valence-electron chi connectivity index (χ0n) is 23.1. The molecule has 3 aliphatic carbocycles. The summed E-state index contributed by atoms with van der Waals surface area (Å²) in [5.74, 6) is 0.931. The number of hydrogen-bond donors (Lipinski definition) is 6. The molecule has 1 saturated carbocycles. The number of hydrogen-bond acceptors (Lipinski definition) is 9. The molecule has 5 rings (SSSR count). The molecule has 4 atom stereocenters. The van der Waals surface area contributed by atoms with Gasteiger partial charge >= 0.3 is 0 Å². The summed E-state index contributed by atoms with van der Waals surface area (Å²) in [6.07, 6.45) is 0.0486. The van der Waals surface area contributed by atoms with Crippen molar-refractivity contribution in [3.8, 4) is 17.6 Å². The van der Waals surface area contributed by atoms with Crippen LogP contribution in [0.4, 0.5) is 5.69 Å². The molecular weight excluding hydrogens is 526 g/mol. The van der Waals surface area contributed by atoms with Crippen LogP contribution in [0.5, 0.6) is 5.75 Å². The lowest BCUT2D eigenvalue weighted by molar-refractivity contribution is -0.176. The number of fused-ring (bicyclic) bond motifs is 3. The Labute approximate surface area is 236 Å². The number of ketones is 2. The maximum absolute atomic E-state index is 14.3. The Bertz CT molecular complexity index is 1680. The number of benzene rings is 2. The highest BCUT2D eigenvalue weighted by Gasteiger charge is 2.72. The van der Waals surface area contributed by atoms with Crippen molar-refractivity contribution in [2.75, 3.05) is 19.8 Å². The lowest BCUT2D eigenvalue weighted by atomic mass is 9.46. The van der Waals surface area contributed by atoms with Gasteiger partial charge < -0.3 is 31.9 Å². The van der Waals surface area contributed by atoms with Gasteiger partial charge in [-0.05, 0) is 68.9 Å². The number of rotatable bonds is 2. The number of Topliss-reactive ketones (excluding diaryl/α,β-unsaturated/α-hetero) is 2. The van der Waals surface area contributed by atoms with Gasteiger partial charge in [0.15, 0.2) is 11.4 Å². The molecule has 0 spiro atoms. The fourth-order valence-corrected chi connectivity index (χ4v) is 7.15. The molecule has 41 heavy (non-hydrogen) atoms. The summed E-state index contributed by atoms with van der Waals surface area (Å²) < 4.78 is 0. The highest BCUT2D eigenvalue weighted by atomic mass is 16.3. The number of amides is 1. The molecule has 0 bridgehead atoms. The van der Waals surface area contributed by atoms with Crippen LogP contribution in [-0.2, 0) is 20.8 Å². The zero-order valence-corrected chi connectivity index (χ0v) is 23.1. The molecule has 212 valence electrons. The Morgan fingerprint density at radius 1 is 1.02 bits per heavy atom. The largest absolute Gasteiger partial charge is 0.508 e. The molecule has 0 saturated heterocycles. The Hall–Kier alpha value is -4.59. The Morgan fingerprint density at radius 2 is 1.66 bits per heavy atom. The molecule has 1 amide bonds. The number of aliphatic hydroxyl groups excluding tert-OH is 2. The van der Waals surface area contributed by atoms with Crippen LogP contribution in [0.1, 0.15) is 42.5 Å². The fourth-order valence-electron chi connectivity index (χ4n) is 7.15. The number of aliphatic hydroxyl groups is 3. The molecule has 2 aromatic rings. The second kappa shape index (κ2) is 8.96. The first-order chi connectivity index (χ1) is 19.1. The highest BCUT2D eigenvalue weighted by Crippen LogP contribution is 2.63. The van der Waals surface area contributed by atoms with E-state index in [2.05, 4.69) is 11.8 Å². The second-order valence-electron chi connectivity index (χ2n) is 11.8.